The van der Waals surface area contributed by atoms with Crippen LogP contribution in [0.3, 0.4) is 0 Å². The monoisotopic (exact) mass is 677 g/mol. The lowest BCUT2D eigenvalue weighted by Crippen LogP contribution is -2.32. The number of rotatable bonds is 14. The van der Waals surface area contributed by atoms with E-state index in [2.05, 4.69) is 24.0 Å². The molecule has 0 atom stereocenters. The summed E-state index contributed by atoms with van der Waals surface area (Å²) in [7, 11) is -7.20. The minimum Gasteiger partial charge on any atom is -0.367 e. The SMILES string of the molecule is Cc1cc(N(CCOS(C)(=O)=O)CCOS(C)(=O)=O)ccc1C=Nc1ccc(-c2nc(Cc3ccccc3)sc2C)cc1.Cl. The number of hydrogen-bond donors (Lipinski definition) is 0. The lowest BCUT2D eigenvalue weighted by atomic mass is 10.1. The first-order valence-corrected chi connectivity index (χ1v) is 18.0. The molecule has 4 aromatic rings. The number of aryl methyl sites for hydroxylation is 2. The summed E-state index contributed by atoms with van der Waals surface area (Å²) in [5.41, 5.74) is 6.72. The largest absolute Gasteiger partial charge is 0.367 e. The van der Waals surface area contributed by atoms with Gasteiger partial charge in [0.2, 0.25) is 0 Å². The lowest BCUT2D eigenvalue weighted by Gasteiger charge is -2.25. The summed E-state index contributed by atoms with van der Waals surface area (Å²) in [6.45, 7) is 4.34. The first-order chi connectivity index (χ1) is 20.4. The predicted octanol–water partition coefficient (Wildman–Crippen LogP) is 5.95. The molecule has 0 saturated heterocycles. The van der Waals surface area contributed by atoms with Gasteiger partial charge in [-0.25, -0.2) is 4.98 Å². The number of halogens is 1. The van der Waals surface area contributed by atoms with Gasteiger partial charge < -0.3 is 4.90 Å². The zero-order chi connectivity index (χ0) is 31.0. The summed E-state index contributed by atoms with van der Waals surface area (Å²) < 4.78 is 55.3. The maximum absolute atomic E-state index is 11.4. The Morgan fingerprint density at radius 2 is 1.48 bits per heavy atom. The number of hydrogen-bond acceptors (Lipinski definition) is 10. The number of aromatic nitrogens is 1. The van der Waals surface area contributed by atoms with Crippen LogP contribution < -0.4 is 4.90 Å². The summed E-state index contributed by atoms with van der Waals surface area (Å²) in [5.74, 6) is 0. The Balaban J connectivity index is 0.00000529. The van der Waals surface area contributed by atoms with E-state index in [0.717, 1.165) is 57.7 Å². The highest BCUT2D eigenvalue weighted by Crippen LogP contribution is 2.30. The van der Waals surface area contributed by atoms with Crippen LogP contribution in [0.15, 0.2) is 77.8 Å². The average Bonchev–Trinajstić information content (AvgIpc) is 3.30. The predicted molar refractivity (Wildman–Crippen MR) is 181 cm³/mol. The van der Waals surface area contributed by atoms with Crippen LogP contribution in [0.5, 0.6) is 0 Å². The van der Waals surface area contributed by atoms with Gasteiger partial charge in [-0.05, 0) is 54.8 Å². The zero-order valence-electron chi connectivity index (χ0n) is 25.0. The Bertz CT molecular complexity index is 1740. The van der Waals surface area contributed by atoms with E-state index in [1.165, 1.54) is 10.4 Å². The zero-order valence-corrected chi connectivity index (χ0v) is 28.2. The quantitative estimate of drug-likeness (QED) is 0.119. The Labute approximate surface area is 270 Å². The molecule has 0 aliphatic carbocycles. The lowest BCUT2D eigenvalue weighted by molar-refractivity contribution is 0.309. The molecule has 3 aromatic carbocycles. The van der Waals surface area contributed by atoms with Gasteiger partial charge in [-0.15, -0.1) is 23.7 Å². The molecule has 1 aromatic heterocycles. The van der Waals surface area contributed by atoms with Gasteiger partial charge in [-0.1, -0.05) is 48.5 Å². The van der Waals surface area contributed by atoms with Crippen LogP contribution in [0.25, 0.3) is 11.3 Å². The summed E-state index contributed by atoms with van der Waals surface area (Å²) in [4.78, 5) is 12.5. The van der Waals surface area contributed by atoms with E-state index in [1.54, 1.807) is 17.6 Å². The third-order valence-electron chi connectivity index (χ3n) is 6.47. The first kappa shape index (κ1) is 35.4. The summed E-state index contributed by atoms with van der Waals surface area (Å²) >= 11 is 1.72. The maximum Gasteiger partial charge on any atom is 0.264 e. The second-order valence-electron chi connectivity index (χ2n) is 10.1. The van der Waals surface area contributed by atoms with Crippen molar-refractivity contribution >= 4 is 61.6 Å². The highest BCUT2D eigenvalue weighted by molar-refractivity contribution is 7.86. The van der Waals surface area contributed by atoms with Gasteiger partial charge in [0.25, 0.3) is 20.2 Å². The Morgan fingerprint density at radius 1 is 0.864 bits per heavy atom. The molecular weight excluding hydrogens is 642 g/mol. The molecule has 0 spiro atoms. The van der Waals surface area contributed by atoms with Gasteiger partial charge in [-0.2, -0.15) is 16.8 Å². The smallest absolute Gasteiger partial charge is 0.264 e. The van der Waals surface area contributed by atoms with Crippen LogP contribution in [0.1, 0.15) is 26.6 Å². The first-order valence-electron chi connectivity index (χ1n) is 13.6. The van der Waals surface area contributed by atoms with Crippen LogP contribution in [-0.4, -0.2) is 66.8 Å². The molecule has 0 N–H and O–H groups in total. The second-order valence-corrected chi connectivity index (χ2v) is 14.6. The molecule has 13 heteroatoms. The molecule has 0 bridgehead atoms. The van der Waals surface area contributed by atoms with Crippen LogP contribution in [0, 0.1) is 13.8 Å². The number of nitrogens with zero attached hydrogens (tertiary/aromatic N) is 3. The molecule has 4 rings (SSSR count). The highest BCUT2D eigenvalue weighted by Gasteiger charge is 2.13. The van der Waals surface area contributed by atoms with Gasteiger partial charge >= 0.3 is 0 Å². The van der Waals surface area contributed by atoms with Gasteiger partial charge in [-0.3, -0.25) is 13.4 Å². The van der Waals surface area contributed by atoms with E-state index in [1.807, 2.05) is 72.5 Å². The molecule has 0 unspecified atom stereocenters. The number of thiazole rings is 1. The van der Waals surface area contributed by atoms with Crippen LogP contribution in [0.4, 0.5) is 11.4 Å². The fourth-order valence-corrected chi connectivity index (χ4v) is 6.13. The van der Waals surface area contributed by atoms with Crippen LogP contribution in [-0.2, 0) is 35.0 Å². The van der Waals surface area contributed by atoms with E-state index in [9.17, 15) is 16.8 Å². The topological polar surface area (TPSA) is 115 Å². The Kier molecular flexibility index (Phi) is 12.6. The fourth-order valence-electron chi connectivity index (χ4n) is 4.38. The van der Waals surface area contributed by atoms with Gasteiger partial charge in [0.05, 0.1) is 42.1 Å². The molecular formula is C31H36ClN3O6S3. The van der Waals surface area contributed by atoms with Crippen molar-refractivity contribution in [1.29, 1.82) is 0 Å². The molecule has 9 nitrogen and oxygen atoms in total. The van der Waals surface area contributed by atoms with Crippen molar-refractivity contribution < 1.29 is 25.2 Å². The Hall–Kier alpha value is -3.13. The van der Waals surface area contributed by atoms with Gasteiger partial charge in [0.1, 0.15) is 0 Å². The number of benzene rings is 3. The third-order valence-corrected chi connectivity index (χ3v) is 8.63. The highest BCUT2D eigenvalue weighted by atomic mass is 35.5. The molecule has 0 saturated carbocycles. The van der Waals surface area contributed by atoms with Crippen molar-refractivity contribution in [1.82, 2.24) is 4.98 Å². The van der Waals surface area contributed by atoms with E-state index < -0.39 is 20.2 Å². The maximum atomic E-state index is 11.4. The molecule has 0 radical (unpaired) electrons. The van der Waals surface area contributed by atoms with Crippen molar-refractivity contribution in [3.05, 3.63) is 99.4 Å². The van der Waals surface area contributed by atoms with Crippen molar-refractivity contribution in [3.8, 4) is 11.3 Å². The summed E-state index contributed by atoms with van der Waals surface area (Å²) in [6, 6.07) is 24.1. The molecule has 0 amide bonds. The third kappa shape index (κ3) is 11.1. The van der Waals surface area contributed by atoms with Crippen LogP contribution in [0.2, 0.25) is 0 Å². The Morgan fingerprint density at radius 3 is 2.05 bits per heavy atom. The summed E-state index contributed by atoms with van der Waals surface area (Å²) in [6.07, 6.45) is 4.58. The standard InChI is InChI=1S/C31H35N3O6S3.ClH/c1-23-20-29(34(16-18-39-42(3,35)36)17-19-40-43(4,37)38)15-12-27(23)22-32-28-13-10-26(11-14-28)31-24(2)41-30(33-31)21-25-8-6-5-7-9-25;/h5-15,20,22H,16-19,21H2,1-4H3;1H. The number of aliphatic imine (C=N–C) groups is 1. The van der Waals surface area contributed by atoms with E-state index in [0.29, 0.717) is 0 Å². The minimum absolute atomic E-state index is 0. The van der Waals surface area contributed by atoms with Crippen LogP contribution >= 0.6 is 23.7 Å². The molecule has 1 heterocycles. The van der Waals surface area contributed by atoms with Crippen molar-refractivity contribution in [2.75, 3.05) is 43.7 Å². The van der Waals surface area contributed by atoms with Crippen molar-refractivity contribution in [3.63, 3.8) is 0 Å². The normalized spacial score (nSPS) is 11.9. The van der Waals surface area contributed by atoms with Gasteiger partial charge in [0, 0.05) is 41.9 Å². The van der Waals surface area contributed by atoms with Crippen molar-refractivity contribution in [2.24, 2.45) is 4.99 Å². The van der Waals surface area contributed by atoms with E-state index >= 15 is 0 Å². The molecule has 0 aliphatic rings. The molecule has 0 fully saturated rings. The van der Waals surface area contributed by atoms with Crippen molar-refractivity contribution in [2.45, 2.75) is 20.3 Å². The summed E-state index contributed by atoms with van der Waals surface area (Å²) in [5, 5.41) is 1.09. The minimum atomic E-state index is -3.60. The average molecular weight is 678 g/mol. The molecule has 236 valence electrons. The van der Waals surface area contributed by atoms with E-state index in [-0.39, 0.29) is 38.7 Å². The number of anilines is 1. The van der Waals surface area contributed by atoms with Gasteiger partial charge in [0.15, 0.2) is 0 Å². The second kappa shape index (κ2) is 15.7. The molecule has 0 aliphatic heterocycles. The fraction of sp³-hybridized carbons (Fsp3) is 0.290. The molecule has 44 heavy (non-hydrogen) atoms. The van der Waals surface area contributed by atoms with E-state index in [4.69, 9.17) is 13.4 Å².